The third-order valence-corrected chi connectivity index (χ3v) is 5.33. The highest BCUT2D eigenvalue weighted by molar-refractivity contribution is 5.79. The van der Waals surface area contributed by atoms with Gasteiger partial charge in [0.05, 0.1) is 51.0 Å². The van der Waals surface area contributed by atoms with Gasteiger partial charge in [-0.05, 0) is 12.5 Å². The van der Waals surface area contributed by atoms with Crippen molar-refractivity contribution in [1.82, 2.24) is 15.5 Å². The van der Waals surface area contributed by atoms with Gasteiger partial charge in [0.25, 0.3) is 0 Å². The largest absolute Gasteiger partial charge is 0.394 e. The van der Waals surface area contributed by atoms with Gasteiger partial charge in [-0.3, -0.25) is 14.5 Å². The summed E-state index contributed by atoms with van der Waals surface area (Å²) in [6.07, 6.45) is 2.70. The second kappa shape index (κ2) is 11.2. The van der Waals surface area contributed by atoms with Crippen LogP contribution < -0.4 is 10.6 Å². The second-order valence-corrected chi connectivity index (χ2v) is 7.67. The lowest BCUT2D eigenvalue weighted by Gasteiger charge is -2.33. The zero-order valence-corrected chi connectivity index (χ0v) is 17.3. The topological polar surface area (TPSA) is 100 Å². The highest BCUT2D eigenvalue weighted by atomic mass is 16.5. The molecule has 8 nitrogen and oxygen atoms in total. The van der Waals surface area contributed by atoms with E-state index in [1.807, 2.05) is 42.2 Å². The minimum atomic E-state index is -0.590. The first-order chi connectivity index (χ1) is 14.5. The monoisotopic (exact) mass is 417 g/mol. The van der Waals surface area contributed by atoms with E-state index in [2.05, 4.69) is 10.6 Å². The zero-order valence-electron chi connectivity index (χ0n) is 17.3. The lowest BCUT2D eigenvalue weighted by Crippen LogP contribution is -2.52. The average Bonchev–Trinajstić information content (AvgIpc) is 2.76. The Hall–Kier alpha value is -2.26. The molecule has 4 atom stereocenters. The van der Waals surface area contributed by atoms with E-state index in [4.69, 9.17) is 9.47 Å². The number of benzene rings is 1. The molecule has 0 aliphatic carbocycles. The van der Waals surface area contributed by atoms with E-state index in [1.54, 1.807) is 12.2 Å². The fourth-order valence-electron chi connectivity index (χ4n) is 3.64. The van der Waals surface area contributed by atoms with E-state index in [0.717, 1.165) is 18.7 Å². The Labute approximate surface area is 177 Å². The van der Waals surface area contributed by atoms with Crippen LogP contribution in [0.5, 0.6) is 0 Å². The van der Waals surface area contributed by atoms with Gasteiger partial charge in [0, 0.05) is 13.1 Å². The number of hydrogen-bond donors (Lipinski definition) is 3. The van der Waals surface area contributed by atoms with Gasteiger partial charge in [-0.15, -0.1) is 0 Å². The molecule has 0 aromatic heterocycles. The summed E-state index contributed by atoms with van der Waals surface area (Å²) in [5, 5.41) is 15.6. The molecule has 2 heterocycles. The molecule has 2 aliphatic heterocycles. The van der Waals surface area contributed by atoms with Gasteiger partial charge >= 0.3 is 0 Å². The first-order valence-corrected chi connectivity index (χ1v) is 10.4. The Kier molecular flexibility index (Phi) is 8.39. The smallest absolute Gasteiger partial charge is 0.234 e. The number of nitrogens with zero attached hydrogens (tertiary/aromatic N) is 1. The van der Waals surface area contributed by atoms with Gasteiger partial charge in [-0.2, -0.15) is 0 Å². The van der Waals surface area contributed by atoms with E-state index < -0.39 is 18.2 Å². The SMILES string of the molecule is C[C@@H](NC(=O)C[C@@H]1C=C[C@H](NC(=O)CN2CCOCC2)[C@H](CO)O1)c1ccccc1. The van der Waals surface area contributed by atoms with Gasteiger partial charge in [-0.25, -0.2) is 0 Å². The molecule has 30 heavy (non-hydrogen) atoms. The molecule has 1 aromatic carbocycles. The molecule has 0 unspecified atom stereocenters. The van der Waals surface area contributed by atoms with Gasteiger partial charge in [0.2, 0.25) is 11.8 Å². The average molecular weight is 418 g/mol. The van der Waals surface area contributed by atoms with Crippen molar-refractivity contribution in [2.45, 2.75) is 37.6 Å². The number of carbonyl (C=O) groups excluding carboxylic acids is 2. The van der Waals surface area contributed by atoms with Crippen molar-refractivity contribution in [1.29, 1.82) is 0 Å². The number of morpholine rings is 1. The van der Waals surface area contributed by atoms with Crippen molar-refractivity contribution in [3.05, 3.63) is 48.0 Å². The Morgan fingerprint density at radius 2 is 1.90 bits per heavy atom. The third-order valence-electron chi connectivity index (χ3n) is 5.33. The van der Waals surface area contributed by atoms with Crippen molar-refractivity contribution >= 4 is 11.8 Å². The summed E-state index contributed by atoms with van der Waals surface area (Å²) in [5.74, 6) is -0.256. The van der Waals surface area contributed by atoms with E-state index >= 15 is 0 Å². The molecule has 0 spiro atoms. The van der Waals surface area contributed by atoms with Gasteiger partial charge in [-0.1, -0.05) is 42.5 Å². The number of nitrogens with one attached hydrogen (secondary N) is 2. The summed E-state index contributed by atoms with van der Waals surface area (Å²) in [6.45, 7) is 4.69. The van der Waals surface area contributed by atoms with Crippen molar-refractivity contribution in [2.24, 2.45) is 0 Å². The summed E-state index contributed by atoms with van der Waals surface area (Å²) in [6, 6.07) is 9.21. The van der Waals surface area contributed by atoms with Crippen LogP contribution in [0, 0.1) is 0 Å². The van der Waals surface area contributed by atoms with E-state index in [9.17, 15) is 14.7 Å². The third kappa shape index (κ3) is 6.63. The maximum absolute atomic E-state index is 12.4. The number of hydrogen-bond acceptors (Lipinski definition) is 6. The Morgan fingerprint density at radius 3 is 2.60 bits per heavy atom. The Morgan fingerprint density at radius 1 is 1.17 bits per heavy atom. The highest BCUT2D eigenvalue weighted by Gasteiger charge is 2.29. The molecular weight excluding hydrogens is 386 g/mol. The minimum absolute atomic E-state index is 0.105. The molecule has 0 radical (unpaired) electrons. The van der Waals surface area contributed by atoms with Crippen LogP contribution in [0.4, 0.5) is 0 Å². The van der Waals surface area contributed by atoms with Crippen molar-refractivity contribution in [3.8, 4) is 0 Å². The Balaban J connectivity index is 1.47. The summed E-state index contributed by atoms with van der Waals surface area (Å²) in [4.78, 5) is 26.8. The predicted octanol–water partition coefficient (Wildman–Crippen LogP) is 0.387. The summed E-state index contributed by atoms with van der Waals surface area (Å²) in [5.41, 5.74) is 1.03. The van der Waals surface area contributed by atoms with Crippen LogP contribution in [0.25, 0.3) is 0 Å². The molecular formula is C22H31N3O5. The molecule has 2 amide bonds. The molecule has 0 bridgehead atoms. The quantitative estimate of drug-likeness (QED) is 0.529. The molecule has 3 rings (SSSR count). The van der Waals surface area contributed by atoms with Crippen LogP contribution >= 0.6 is 0 Å². The number of amides is 2. The molecule has 2 aliphatic rings. The van der Waals surface area contributed by atoms with Crippen molar-refractivity contribution < 1.29 is 24.2 Å². The van der Waals surface area contributed by atoms with Crippen molar-refractivity contribution in [3.63, 3.8) is 0 Å². The number of rotatable bonds is 8. The molecule has 8 heteroatoms. The molecule has 3 N–H and O–H groups in total. The van der Waals surface area contributed by atoms with Crippen LogP contribution in [0.2, 0.25) is 0 Å². The molecule has 0 saturated carbocycles. The Bertz CT molecular complexity index is 721. The maximum Gasteiger partial charge on any atom is 0.234 e. The fourth-order valence-corrected chi connectivity index (χ4v) is 3.64. The summed E-state index contributed by atoms with van der Waals surface area (Å²) >= 11 is 0. The predicted molar refractivity (Wildman–Crippen MR) is 112 cm³/mol. The fraction of sp³-hybridized carbons (Fsp3) is 0.545. The van der Waals surface area contributed by atoms with E-state index in [-0.39, 0.29) is 37.4 Å². The van der Waals surface area contributed by atoms with Crippen LogP contribution in [0.1, 0.15) is 24.9 Å². The minimum Gasteiger partial charge on any atom is -0.394 e. The highest BCUT2D eigenvalue weighted by Crippen LogP contribution is 2.17. The van der Waals surface area contributed by atoms with Crippen LogP contribution in [0.15, 0.2) is 42.5 Å². The lowest BCUT2D eigenvalue weighted by atomic mass is 10.0. The summed E-state index contributed by atoms with van der Waals surface area (Å²) in [7, 11) is 0. The molecule has 1 saturated heterocycles. The first-order valence-electron chi connectivity index (χ1n) is 10.4. The van der Waals surface area contributed by atoms with E-state index in [0.29, 0.717) is 13.2 Å². The maximum atomic E-state index is 12.4. The standard InChI is InChI=1S/C22H31N3O5/c1-16(17-5-3-2-4-6-17)23-21(27)13-18-7-8-19(20(15-26)30-18)24-22(28)14-25-9-11-29-12-10-25/h2-8,16,18-20,26H,9-15H2,1H3,(H,23,27)(H,24,28)/t16-,18+,19+,20+/m1/s1. The first kappa shape index (κ1) is 22.4. The van der Waals surface area contributed by atoms with Crippen LogP contribution in [-0.2, 0) is 19.1 Å². The van der Waals surface area contributed by atoms with Gasteiger partial charge in [0.1, 0.15) is 6.10 Å². The summed E-state index contributed by atoms with van der Waals surface area (Å²) < 4.78 is 11.1. The molecule has 164 valence electrons. The zero-order chi connectivity index (χ0) is 21.3. The molecule has 1 fully saturated rings. The molecule has 1 aromatic rings. The number of carbonyl (C=O) groups is 2. The van der Waals surface area contributed by atoms with Crippen LogP contribution in [-0.4, -0.2) is 79.5 Å². The second-order valence-electron chi connectivity index (χ2n) is 7.67. The lowest BCUT2D eigenvalue weighted by molar-refractivity contribution is -0.129. The number of aliphatic hydroxyl groups excluding tert-OH is 1. The normalized spacial score (nSPS) is 25.5. The van der Waals surface area contributed by atoms with E-state index in [1.165, 1.54) is 0 Å². The van der Waals surface area contributed by atoms with Gasteiger partial charge < -0.3 is 25.2 Å². The van der Waals surface area contributed by atoms with Crippen LogP contribution in [0.3, 0.4) is 0 Å². The van der Waals surface area contributed by atoms with Crippen molar-refractivity contribution in [2.75, 3.05) is 39.5 Å². The van der Waals surface area contributed by atoms with Gasteiger partial charge in [0.15, 0.2) is 0 Å². The number of aliphatic hydroxyl groups is 1. The number of ether oxygens (including phenoxy) is 2.